The van der Waals surface area contributed by atoms with Gasteiger partial charge in [0.05, 0.1) is 11.1 Å². The van der Waals surface area contributed by atoms with Crippen LogP contribution in [0.3, 0.4) is 0 Å². The van der Waals surface area contributed by atoms with Gasteiger partial charge in [0.15, 0.2) is 11.5 Å². The topological polar surface area (TPSA) is 45.5 Å². The van der Waals surface area contributed by atoms with E-state index in [9.17, 15) is 0 Å². The molecule has 0 fully saturated rings. The molecule has 84 valence electrons. The van der Waals surface area contributed by atoms with Crippen LogP contribution >= 0.6 is 11.6 Å². The van der Waals surface area contributed by atoms with Crippen molar-refractivity contribution < 1.29 is 9.47 Å². The number of nitrogens with zero attached hydrogens (tertiary/aromatic N) is 2. The number of fused-ring (bicyclic) bond motifs is 1. The van der Waals surface area contributed by atoms with Crippen LogP contribution in [0.4, 0.5) is 0 Å². The molecule has 1 aliphatic rings. The van der Waals surface area contributed by atoms with E-state index in [1.807, 2.05) is 19.0 Å². The van der Waals surface area contributed by atoms with E-state index in [1.54, 1.807) is 12.1 Å². The molecular formula is C11H11ClN2O2. The third kappa shape index (κ3) is 1.80. The van der Waals surface area contributed by atoms with E-state index in [1.165, 1.54) is 0 Å². The molecule has 0 radical (unpaired) electrons. The van der Waals surface area contributed by atoms with Crippen molar-refractivity contribution in [2.45, 2.75) is 6.04 Å². The van der Waals surface area contributed by atoms with Crippen LogP contribution in [0, 0.1) is 11.3 Å². The fourth-order valence-corrected chi connectivity index (χ4v) is 1.91. The van der Waals surface area contributed by atoms with E-state index < -0.39 is 0 Å². The maximum absolute atomic E-state index is 9.08. The molecule has 16 heavy (non-hydrogen) atoms. The first-order valence-corrected chi connectivity index (χ1v) is 5.16. The SMILES string of the molecule is CN(C)C(C#N)c1cc(Cl)c2c(c1)OCO2. The Morgan fingerprint density at radius 1 is 1.44 bits per heavy atom. The minimum atomic E-state index is -0.341. The molecule has 0 amide bonds. The van der Waals surface area contributed by atoms with Gasteiger partial charge in [0, 0.05) is 0 Å². The number of ether oxygens (including phenoxy) is 2. The van der Waals surface area contributed by atoms with Crippen molar-refractivity contribution in [3.05, 3.63) is 22.7 Å². The third-order valence-electron chi connectivity index (χ3n) is 2.40. The number of benzene rings is 1. The second-order valence-electron chi connectivity index (χ2n) is 3.73. The first-order valence-electron chi connectivity index (χ1n) is 4.78. The predicted octanol–water partition coefficient (Wildman–Crippen LogP) is 2.19. The summed E-state index contributed by atoms with van der Waals surface area (Å²) in [5.41, 5.74) is 0.807. The van der Waals surface area contributed by atoms with Crippen molar-refractivity contribution in [2.75, 3.05) is 20.9 Å². The van der Waals surface area contributed by atoms with Crippen molar-refractivity contribution in [1.29, 1.82) is 5.26 Å². The summed E-state index contributed by atoms with van der Waals surface area (Å²) < 4.78 is 10.5. The lowest BCUT2D eigenvalue weighted by Crippen LogP contribution is -2.18. The molecule has 0 aromatic heterocycles. The Balaban J connectivity index is 2.44. The van der Waals surface area contributed by atoms with Crippen molar-refractivity contribution >= 4 is 11.6 Å². The molecule has 1 aliphatic heterocycles. The lowest BCUT2D eigenvalue weighted by atomic mass is 10.1. The van der Waals surface area contributed by atoms with Crippen LogP contribution in [0.15, 0.2) is 12.1 Å². The van der Waals surface area contributed by atoms with Crippen molar-refractivity contribution in [3.63, 3.8) is 0 Å². The summed E-state index contributed by atoms with van der Waals surface area (Å²) >= 11 is 6.05. The smallest absolute Gasteiger partial charge is 0.231 e. The Kier molecular flexibility index (Phi) is 2.90. The lowest BCUT2D eigenvalue weighted by molar-refractivity contribution is 0.174. The number of hydrogen-bond donors (Lipinski definition) is 0. The van der Waals surface area contributed by atoms with Crippen molar-refractivity contribution in [2.24, 2.45) is 0 Å². The van der Waals surface area contributed by atoms with E-state index in [0.29, 0.717) is 16.5 Å². The fourth-order valence-electron chi connectivity index (χ4n) is 1.63. The third-order valence-corrected chi connectivity index (χ3v) is 2.68. The van der Waals surface area contributed by atoms with E-state index in [-0.39, 0.29) is 12.8 Å². The summed E-state index contributed by atoms with van der Waals surface area (Å²) in [5.74, 6) is 1.16. The highest BCUT2D eigenvalue weighted by Crippen LogP contribution is 2.41. The molecule has 0 N–H and O–H groups in total. The zero-order valence-corrected chi connectivity index (χ0v) is 9.78. The molecule has 5 heteroatoms. The highest BCUT2D eigenvalue weighted by atomic mass is 35.5. The normalized spacial score (nSPS) is 14.9. The summed E-state index contributed by atoms with van der Waals surface area (Å²) in [4.78, 5) is 1.81. The summed E-state index contributed by atoms with van der Waals surface area (Å²) in [6.07, 6.45) is 0. The zero-order chi connectivity index (χ0) is 11.7. The molecular weight excluding hydrogens is 228 g/mol. The second kappa shape index (κ2) is 4.20. The van der Waals surface area contributed by atoms with Gasteiger partial charge in [-0.1, -0.05) is 11.6 Å². The number of nitriles is 1. The van der Waals surface area contributed by atoms with E-state index in [0.717, 1.165) is 5.56 Å². The second-order valence-corrected chi connectivity index (χ2v) is 4.14. The average Bonchev–Trinajstić information content (AvgIpc) is 2.66. The number of rotatable bonds is 2. The number of hydrogen-bond acceptors (Lipinski definition) is 4. The van der Waals surface area contributed by atoms with Gasteiger partial charge in [-0.2, -0.15) is 5.26 Å². The first kappa shape index (κ1) is 11.1. The minimum absolute atomic E-state index is 0.178. The van der Waals surface area contributed by atoms with Gasteiger partial charge in [-0.15, -0.1) is 0 Å². The summed E-state index contributed by atoms with van der Waals surface area (Å²) in [7, 11) is 3.68. The Bertz CT molecular complexity index is 454. The monoisotopic (exact) mass is 238 g/mol. The quantitative estimate of drug-likeness (QED) is 0.792. The molecule has 1 unspecified atom stereocenters. The molecule has 4 nitrogen and oxygen atoms in total. The maximum Gasteiger partial charge on any atom is 0.231 e. The predicted molar refractivity (Wildman–Crippen MR) is 59.6 cm³/mol. The van der Waals surface area contributed by atoms with E-state index >= 15 is 0 Å². The number of halogens is 1. The van der Waals surface area contributed by atoms with E-state index in [4.69, 9.17) is 26.3 Å². The molecule has 0 saturated carbocycles. The molecule has 0 aliphatic carbocycles. The lowest BCUT2D eigenvalue weighted by Gasteiger charge is -2.18. The van der Waals surface area contributed by atoms with Gasteiger partial charge in [-0.05, 0) is 31.8 Å². The van der Waals surface area contributed by atoms with Gasteiger partial charge in [-0.3, -0.25) is 4.90 Å². The Morgan fingerprint density at radius 3 is 2.81 bits per heavy atom. The molecule has 0 saturated heterocycles. The van der Waals surface area contributed by atoms with Gasteiger partial charge in [0.1, 0.15) is 6.04 Å². The van der Waals surface area contributed by atoms with Crippen LogP contribution in [0.5, 0.6) is 11.5 Å². The average molecular weight is 239 g/mol. The fraction of sp³-hybridized carbons (Fsp3) is 0.364. The Morgan fingerprint density at radius 2 is 2.19 bits per heavy atom. The van der Waals surface area contributed by atoms with Crippen LogP contribution in [0.2, 0.25) is 5.02 Å². The summed E-state index contributed by atoms with van der Waals surface area (Å²) in [5, 5.41) is 9.56. The summed E-state index contributed by atoms with van der Waals surface area (Å²) in [6, 6.07) is 5.40. The molecule has 0 spiro atoms. The first-order chi connectivity index (χ1) is 7.63. The largest absolute Gasteiger partial charge is 0.454 e. The molecule has 1 aromatic rings. The van der Waals surface area contributed by atoms with Crippen LogP contribution in [0.25, 0.3) is 0 Å². The van der Waals surface area contributed by atoms with Crippen LogP contribution in [-0.2, 0) is 0 Å². The Labute approximate surface area is 98.9 Å². The van der Waals surface area contributed by atoms with Crippen molar-refractivity contribution in [1.82, 2.24) is 4.90 Å². The molecule has 1 atom stereocenters. The van der Waals surface area contributed by atoms with Gasteiger partial charge in [0.25, 0.3) is 0 Å². The highest BCUT2D eigenvalue weighted by molar-refractivity contribution is 6.32. The van der Waals surface area contributed by atoms with Crippen LogP contribution < -0.4 is 9.47 Å². The van der Waals surface area contributed by atoms with E-state index in [2.05, 4.69) is 6.07 Å². The Hall–Kier alpha value is -1.44. The highest BCUT2D eigenvalue weighted by Gasteiger charge is 2.22. The molecule has 2 rings (SSSR count). The van der Waals surface area contributed by atoms with Gasteiger partial charge in [-0.25, -0.2) is 0 Å². The van der Waals surface area contributed by atoms with Gasteiger partial charge >= 0.3 is 0 Å². The standard InChI is InChI=1S/C11H11ClN2O2/c1-14(2)9(5-13)7-3-8(12)11-10(4-7)15-6-16-11/h3-4,9H,6H2,1-2H3. The van der Waals surface area contributed by atoms with Gasteiger partial charge in [0.2, 0.25) is 6.79 Å². The molecule has 0 bridgehead atoms. The molecule has 1 aromatic carbocycles. The maximum atomic E-state index is 9.08. The summed E-state index contributed by atoms with van der Waals surface area (Å²) in [6.45, 7) is 0.178. The van der Waals surface area contributed by atoms with Crippen LogP contribution in [-0.4, -0.2) is 25.8 Å². The minimum Gasteiger partial charge on any atom is -0.454 e. The zero-order valence-electron chi connectivity index (χ0n) is 9.03. The van der Waals surface area contributed by atoms with Crippen molar-refractivity contribution in [3.8, 4) is 17.6 Å². The van der Waals surface area contributed by atoms with Gasteiger partial charge < -0.3 is 9.47 Å². The molecule has 1 heterocycles. The van der Waals surface area contributed by atoms with Crippen LogP contribution in [0.1, 0.15) is 11.6 Å².